The normalized spacial score (nSPS) is 19.3. The van der Waals surface area contributed by atoms with Gasteiger partial charge in [-0.2, -0.15) is 0 Å². The minimum Gasteiger partial charge on any atom is -0.466 e. The lowest BCUT2D eigenvalue weighted by atomic mass is 10.8. The number of carbonyl (C=O) groups excluding carboxylic acids is 1. The molecule has 23 heavy (non-hydrogen) atoms. The third-order valence-corrected chi connectivity index (χ3v) is 14.3. The topological polar surface area (TPSA) is 116 Å². The van der Waals surface area contributed by atoms with Crippen molar-refractivity contribution >= 4 is 44.0 Å². The van der Waals surface area contributed by atoms with Gasteiger partial charge in [0.2, 0.25) is 22.1 Å². The Labute approximate surface area is 145 Å². The molecule has 12 heteroatoms. The fourth-order valence-corrected chi connectivity index (χ4v) is 12.9. The summed E-state index contributed by atoms with van der Waals surface area (Å²) in [5, 5.41) is -0.256. The third kappa shape index (κ3) is 9.54. The van der Waals surface area contributed by atoms with Crippen LogP contribution in [-0.4, -0.2) is 53.7 Å². The summed E-state index contributed by atoms with van der Waals surface area (Å²) >= 11 is 2.88. The molecule has 0 amide bonds. The zero-order chi connectivity index (χ0) is 18.1. The van der Waals surface area contributed by atoms with Crippen molar-refractivity contribution in [3.8, 4) is 0 Å². The van der Waals surface area contributed by atoms with E-state index in [0.717, 1.165) is 0 Å². The first-order chi connectivity index (χ1) is 10.6. The van der Waals surface area contributed by atoms with E-state index in [1.54, 1.807) is 20.8 Å². The Kier molecular flexibility index (Phi) is 10.7. The monoisotopic (exact) mass is 456 g/mol. The molecule has 0 saturated carbocycles. The molecule has 0 aliphatic heterocycles. The maximum Gasteiger partial charge on any atom is 0.315 e. The molecule has 0 spiro atoms. The fourth-order valence-electron chi connectivity index (χ4n) is 1.84. The average molecular weight is 457 g/mol. The van der Waals surface area contributed by atoms with E-state index in [-0.39, 0.29) is 24.9 Å². The molecule has 0 aromatic carbocycles. The van der Waals surface area contributed by atoms with Crippen molar-refractivity contribution in [2.24, 2.45) is 0 Å². The minimum atomic E-state index is -3.74. The van der Waals surface area contributed by atoms with Crippen LogP contribution >= 0.6 is 38.0 Å². The van der Waals surface area contributed by atoms with Crippen LogP contribution in [0, 0.1) is 0 Å². The molecular formula is C11H24BrO8P3. The molecule has 0 heterocycles. The van der Waals surface area contributed by atoms with Gasteiger partial charge in [-0.25, -0.2) is 0 Å². The van der Waals surface area contributed by atoms with E-state index in [9.17, 15) is 23.4 Å². The minimum absolute atomic E-state index is 0.0189. The van der Waals surface area contributed by atoms with Crippen molar-refractivity contribution in [1.82, 2.24) is 0 Å². The molecule has 0 radical (unpaired) electrons. The van der Waals surface area contributed by atoms with Gasteiger partial charge in [0.25, 0.3) is 0 Å². The van der Waals surface area contributed by atoms with Gasteiger partial charge in [0.15, 0.2) is 0 Å². The number of esters is 1. The standard InChI is InChI=1S/C11H24BrO8P3/c1-4-18-11(13)7-22(16,19-5-2)10-23(17,20-6-3)9-21(14,15)8-12/h4-10H2,1-3H3,(H,14,15). The first-order valence-corrected chi connectivity index (χ1v) is 14.2. The second-order valence-electron chi connectivity index (χ2n) is 4.68. The van der Waals surface area contributed by atoms with Gasteiger partial charge >= 0.3 is 5.97 Å². The lowest BCUT2D eigenvalue weighted by Gasteiger charge is -2.24. The van der Waals surface area contributed by atoms with Crippen LogP contribution in [0.4, 0.5) is 0 Å². The fraction of sp³-hybridized carbons (Fsp3) is 0.909. The molecule has 3 atom stereocenters. The number of carbonyl (C=O) groups is 1. The average Bonchev–Trinajstić information content (AvgIpc) is 2.37. The van der Waals surface area contributed by atoms with E-state index in [0.29, 0.717) is 0 Å². The highest BCUT2D eigenvalue weighted by Crippen LogP contribution is 2.68. The number of hydrogen-bond donors (Lipinski definition) is 1. The second kappa shape index (κ2) is 10.5. The lowest BCUT2D eigenvalue weighted by molar-refractivity contribution is -0.140. The van der Waals surface area contributed by atoms with Gasteiger partial charge in [0.1, 0.15) is 18.0 Å². The molecule has 138 valence electrons. The Bertz CT molecular complexity index is 523. The van der Waals surface area contributed by atoms with E-state index < -0.39 is 46.0 Å². The van der Waals surface area contributed by atoms with Crippen molar-refractivity contribution in [2.45, 2.75) is 20.8 Å². The van der Waals surface area contributed by atoms with Crippen LogP contribution in [0.1, 0.15) is 20.8 Å². The first-order valence-electron chi connectivity index (χ1n) is 7.03. The van der Waals surface area contributed by atoms with Gasteiger partial charge in [-0.3, -0.25) is 18.5 Å². The van der Waals surface area contributed by atoms with E-state index in [2.05, 4.69) is 15.9 Å². The van der Waals surface area contributed by atoms with Crippen molar-refractivity contribution in [1.29, 1.82) is 0 Å². The zero-order valence-electron chi connectivity index (χ0n) is 13.5. The Morgan fingerprint density at radius 3 is 1.91 bits per heavy atom. The predicted octanol–water partition coefficient (Wildman–Crippen LogP) is 3.72. The van der Waals surface area contributed by atoms with Crippen molar-refractivity contribution in [3.63, 3.8) is 0 Å². The van der Waals surface area contributed by atoms with Crippen LogP contribution in [0.3, 0.4) is 0 Å². The largest absolute Gasteiger partial charge is 0.466 e. The molecular weight excluding hydrogens is 433 g/mol. The van der Waals surface area contributed by atoms with Crippen LogP contribution < -0.4 is 0 Å². The summed E-state index contributed by atoms with van der Waals surface area (Å²) < 4.78 is 52.6. The lowest BCUT2D eigenvalue weighted by Crippen LogP contribution is -2.14. The highest BCUT2D eigenvalue weighted by Gasteiger charge is 2.41. The van der Waals surface area contributed by atoms with Crippen LogP contribution in [0.15, 0.2) is 0 Å². The number of rotatable bonds is 12. The number of ether oxygens (including phenoxy) is 1. The summed E-state index contributed by atoms with van der Waals surface area (Å²) in [6.45, 7) is 4.93. The molecule has 3 unspecified atom stereocenters. The van der Waals surface area contributed by atoms with E-state index in [1.807, 2.05) is 0 Å². The van der Waals surface area contributed by atoms with Gasteiger partial charge in [-0.1, -0.05) is 15.9 Å². The summed E-state index contributed by atoms with van der Waals surface area (Å²) in [7, 11) is -11.1. The maximum atomic E-state index is 12.8. The number of halogens is 1. The molecule has 0 bridgehead atoms. The highest BCUT2D eigenvalue weighted by molar-refractivity contribution is 9.10. The Morgan fingerprint density at radius 2 is 1.48 bits per heavy atom. The third-order valence-electron chi connectivity index (χ3n) is 2.46. The number of hydrogen-bond acceptors (Lipinski definition) is 7. The molecule has 0 aromatic rings. The quantitative estimate of drug-likeness (QED) is 0.268. The molecule has 0 aliphatic carbocycles. The van der Waals surface area contributed by atoms with Crippen molar-refractivity contribution < 1.29 is 37.2 Å². The Hall–Kier alpha value is 0.520. The first kappa shape index (κ1) is 23.5. The van der Waals surface area contributed by atoms with Gasteiger partial charge in [-0.15, -0.1) is 0 Å². The Balaban J connectivity index is 5.37. The van der Waals surface area contributed by atoms with E-state index >= 15 is 0 Å². The zero-order valence-corrected chi connectivity index (χ0v) is 17.7. The second-order valence-corrected chi connectivity index (χ2v) is 14.5. The van der Waals surface area contributed by atoms with Crippen LogP contribution in [0.2, 0.25) is 0 Å². The van der Waals surface area contributed by atoms with Crippen LogP contribution in [0.25, 0.3) is 0 Å². The summed E-state index contributed by atoms with van der Waals surface area (Å²) in [5.41, 5.74) is 0. The smallest absolute Gasteiger partial charge is 0.315 e. The summed E-state index contributed by atoms with van der Waals surface area (Å²) in [5.74, 6) is -1.93. The van der Waals surface area contributed by atoms with E-state index in [4.69, 9.17) is 13.8 Å². The molecule has 1 N–H and O–H groups in total. The van der Waals surface area contributed by atoms with Gasteiger partial charge in [0.05, 0.1) is 24.9 Å². The Morgan fingerprint density at radius 1 is 0.957 bits per heavy atom. The van der Waals surface area contributed by atoms with E-state index in [1.165, 1.54) is 0 Å². The summed E-state index contributed by atoms with van der Waals surface area (Å²) in [6.07, 6.45) is -0.546. The SMILES string of the molecule is CCOC(=O)CP(=O)(CP(=O)(CP(=O)(O)CBr)OCC)OCC. The summed E-state index contributed by atoms with van der Waals surface area (Å²) in [4.78, 5) is 21.3. The number of alkyl halides is 1. The maximum absolute atomic E-state index is 12.8. The van der Waals surface area contributed by atoms with Gasteiger partial charge < -0.3 is 18.7 Å². The molecule has 0 aromatic heterocycles. The van der Waals surface area contributed by atoms with Gasteiger partial charge in [-0.05, 0) is 20.8 Å². The molecule has 0 rings (SSSR count). The van der Waals surface area contributed by atoms with Crippen LogP contribution in [-0.2, 0) is 32.3 Å². The highest BCUT2D eigenvalue weighted by atomic mass is 79.9. The molecule has 0 aliphatic rings. The van der Waals surface area contributed by atoms with Gasteiger partial charge in [0, 0.05) is 0 Å². The predicted molar refractivity (Wildman–Crippen MR) is 93.3 cm³/mol. The van der Waals surface area contributed by atoms with Crippen LogP contribution in [0.5, 0.6) is 0 Å². The summed E-state index contributed by atoms with van der Waals surface area (Å²) in [6, 6.07) is 0. The molecule has 0 saturated heterocycles. The molecule has 8 nitrogen and oxygen atoms in total. The van der Waals surface area contributed by atoms with Crippen molar-refractivity contribution in [3.05, 3.63) is 0 Å². The molecule has 0 fully saturated rings. The van der Waals surface area contributed by atoms with Crippen molar-refractivity contribution in [2.75, 3.05) is 42.9 Å².